The van der Waals surface area contributed by atoms with Crippen LogP contribution in [0.1, 0.15) is 18.9 Å². The summed E-state index contributed by atoms with van der Waals surface area (Å²) < 4.78 is 0. The molecule has 5 heteroatoms. The lowest BCUT2D eigenvalue weighted by atomic mass is 10.0. The van der Waals surface area contributed by atoms with Crippen molar-refractivity contribution in [3.05, 3.63) is 29.8 Å². The number of aliphatic hydroxyl groups excluding tert-OH is 1. The molecule has 1 aromatic carbocycles. The van der Waals surface area contributed by atoms with Crippen LogP contribution in [0.25, 0.3) is 0 Å². The van der Waals surface area contributed by atoms with E-state index in [1.54, 1.807) is 0 Å². The summed E-state index contributed by atoms with van der Waals surface area (Å²) in [6, 6.07) is 8.55. The smallest absolute Gasteiger partial charge is 0.236 e. The fraction of sp³-hybridized carbons (Fsp3) is 0.632. The Bertz CT molecular complexity index is 567. The molecule has 2 aliphatic heterocycles. The van der Waals surface area contributed by atoms with Gasteiger partial charge in [0.05, 0.1) is 12.6 Å². The van der Waals surface area contributed by atoms with E-state index in [9.17, 15) is 9.90 Å². The first-order chi connectivity index (χ1) is 11.5. The maximum Gasteiger partial charge on any atom is 0.236 e. The summed E-state index contributed by atoms with van der Waals surface area (Å²) in [5.41, 5.74) is 2.52. The molecular formula is C19H29N3O2. The first-order valence-electron chi connectivity index (χ1n) is 9.03. The molecule has 1 N–H and O–H groups in total. The quantitative estimate of drug-likeness (QED) is 0.905. The molecule has 2 fully saturated rings. The van der Waals surface area contributed by atoms with E-state index in [-0.39, 0.29) is 12.0 Å². The molecule has 0 spiro atoms. The van der Waals surface area contributed by atoms with Gasteiger partial charge < -0.3 is 14.9 Å². The maximum atomic E-state index is 12.5. The van der Waals surface area contributed by atoms with Gasteiger partial charge in [-0.05, 0) is 50.4 Å². The third-order valence-corrected chi connectivity index (χ3v) is 5.35. The number of benzene rings is 1. The van der Waals surface area contributed by atoms with Gasteiger partial charge in [-0.3, -0.25) is 9.69 Å². The van der Waals surface area contributed by atoms with Crippen LogP contribution < -0.4 is 4.90 Å². The number of amides is 1. The molecule has 2 aliphatic rings. The van der Waals surface area contributed by atoms with E-state index in [0.29, 0.717) is 12.5 Å². The molecule has 1 aromatic rings. The summed E-state index contributed by atoms with van der Waals surface area (Å²) in [5, 5.41) is 9.68. The number of carbonyl (C=O) groups excluding carboxylic acids is 1. The van der Waals surface area contributed by atoms with Gasteiger partial charge in [0, 0.05) is 38.4 Å². The zero-order valence-electron chi connectivity index (χ0n) is 14.8. The van der Waals surface area contributed by atoms with Crippen LogP contribution in [0.4, 0.5) is 5.69 Å². The number of rotatable bonds is 4. The van der Waals surface area contributed by atoms with Crippen LogP contribution in [0.5, 0.6) is 0 Å². The predicted molar refractivity (Wildman–Crippen MR) is 96.2 cm³/mol. The third kappa shape index (κ3) is 4.08. The van der Waals surface area contributed by atoms with Crippen LogP contribution in [0.15, 0.2) is 24.3 Å². The zero-order chi connectivity index (χ0) is 17.1. The van der Waals surface area contributed by atoms with Crippen LogP contribution in [-0.2, 0) is 4.79 Å². The number of carbonyl (C=O) groups is 1. The molecule has 0 bridgehead atoms. The molecule has 5 nitrogen and oxygen atoms in total. The minimum absolute atomic E-state index is 0.227. The van der Waals surface area contributed by atoms with Crippen LogP contribution in [0.2, 0.25) is 0 Å². The second-order valence-electron chi connectivity index (χ2n) is 7.23. The summed E-state index contributed by atoms with van der Waals surface area (Å²) in [7, 11) is 0. The van der Waals surface area contributed by atoms with Gasteiger partial charge in [0.2, 0.25) is 5.91 Å². The average Bonchev–Trinajstić information content (AvgIpc) is 3.04. The number of hydrogen-bond acceptors (Lipinski definition) is 4. The van der Waals surface area contributed by atoms with Crippen molar-refractivity contribution in [1.82, 2.24) is 9.80 Å². The molecule has 3 rings (SSSR count). The van der Waals surface area contributed by atoms with Crippen LogP contribution in [-0.4, -0.2) is 72.7 Å². The molecule has 1 amide bonds. The van der Waals surface area contributed by atoms with Crippen molar-refractivity contribution in [3.63, 3.8) is 0 Å². The normalized spacial score (nSPS) is 23.5. The van der Waals surface area contributed by atoms with Crippen molar-refractivity contribution in [2.75, 3.05) is 50.7 Å². The Morgan fingerprint density at radius 3 is 2.62 bits per heavy atom. The molecule has 0 aliphatic carbocycles. The largest absolute Gasteiger partial charge is 0.393 e. The number of hydrogen-bond donors (Lipinski definition) is 1. The van der Waals surface area contributed by atoms with Crippen LogP contribution >= 0.6 is 0 Å². The summed E-state index contributed by atoms with van der Waals surface area (Å²) >= 11 is 0. The third-order valence-electron chi connectivity index (χ3n) is 5.35. The fourth-order valence-corrected chi connectivity index (χ4v) is 3.73. The van der Waals surface area contributed by atoms with Gasteiger partial charge in [0.25, 0.3) is 0 Å². The lowest BCUT2D eigenvalue weighted by Crippen LogP contribution is -2.51. The Labute approximate surface area is 144 Å². The second-order valence-corrected chi connectivity index (χ2v) is 7.23. The van der Waals surface area contributed by atoms with Crippen molar-refractivity contribution in [2.24, 2.45) is 5.92 Å². The predicted octanol–water partition coefficient (Wildman–Crippen LogP) is 1.35. The van der Waals surface area contributed by atoms with E-state index in [1.807, 2.05) is 11.8 Å². The number of nitrogens with zero attached hydrogens (tertiary/aromatic N) is 3. The molecule has 2 atom stereocenters. The van der Waals surface area contributed by atoms with Crippen molar-refractivity contribution < 1.29 is 9.90 Å². The minimum atomic E-state index is -0.275. The topological polar surface area (TPSA) is 47.0 Å². The standard InChI is InChI=1S/C19H29N3O2/c1-15-4-3-5-18(12-15)21-8-10-22(11-9-21)19(24)14-20-7-6-17(13-20)16(2)23/h3-5,12,16-17,23H,6-11,13-14H2,1-2H3. The van der Waals surface area contributed by atoms with Gasteiger partial charge >= 0.3 is 0 Å². The first-order valence-corrected chi connectivity index (χ1v) is 9.03. The Morgan fingerprint density at radius 1 is 1.25 bits per heavy atom. The van der Waals surface area contributed by atoms with Gasteiger partial charge in [-0.15, -0.1) is 0 Å². The van der Waals surface area contributed by atoms with E-state index >= 15 is 0 Å². The van der Waals surface area contributed by atoms with Crippen LogP contribution in [0.3, 0.4) is 0 Å². The highest BCUT2D eigenvalue weighted by Gasteiger charge is 2.29. The van der Waals surface area contributed by atoms with E-state index in [4.69, 9.17) is 0 Å². The van der Waals surface area contributed by atoms with Crippen molar-refractivity contribution in [1.29, 1.82) is 0 Å². The first kappa shape index (κ1) is 17.2. The van der Waals surface area contributed by atoms with Crippen molar-refractivity contribution in [3.8, 4) is 0 Å². The summed E-state index contributed by atoms with van der Waals surface area (Å²) in [4.78, 5) is 19.1. The fourth-order valence-electron chi connectivity index (χ4n) is 3.73. The Kier molecular flexibility index (Phi) is 5.41. The van der Waals surface area contributed by atoms with E-state index < -0.39 is 0 Å². The van der Waals surface area contributed by atoms with Gasteiger partial charge in [0.15, 0.2) is 0 Å². The SMILES string of the molecule is Cc1cccc(N2CCN(C(=O)CN3CCC(C(C)O)C3)CC2)c1. The van der Waals surface area contributed by atoms with E-state index in [0.717, 1.165) is 45.7 Å². The highest BCUT2D eigenvalue weighted by molar-refractivity contribution is 5.78. The lowest BCUT2D eigenvalue weighted by Gasteiger charge is -2.37. The summed E-state index contributed by atoms with van der Waals surface area (Å²) in [6.45, 7) is 9.59. The molecule has 2 saturated heterocycles. The number of aliphatic hydroxyl groups is 1. The molecular weight excluding hydrogens is 302 g/mol. The van der Waals surface area contributed by atoms with Gasteiger partial charge in [0.1, 0.15) is 0 Å². The molecule has 2 heterocycles. The van der Waals surface area contributed by atoms with Gasteiger partial charge in [-0.1, -0.05) is 12.1 Å². The average molecular weight is 331 g/mol. The molecule has 0 radical (unpaired) electrons. The Morgan fingerprint density at radius 2 is 2.00 bits per heavy atom. The van der Waals surface area contributed by atoms with Gasteiger partial charge in [-0.2, -0.15) is 0 Å². The van der Waals surface area contributed by atoms with E-state index in [1.165, 1.54) is 11.3 Å². The number of anilines is 1. The number of likely N-dealkylation sites (tertiary alicyclic amines) is 1. The molecule has 0 saturated carbocycles. The van der Waals surface area contributed by atoms with Crippen molar-refractivity contribution >= 4 is 11.6 Å². The summed E-state index contributed by atoms with van der Waals surface area (Å²) in [6.07, 6.45) is 0.717. The minimum Gasteiger partial charge on any atom is -0.393 e. The van der Waals surface area contributed by atoms with Gasteiger partial charge in [-0.25, -0.2) is 0 Å². The Balaban J connectivity index is 1.47. The molecule has 2 unspecified atom stereocenters. The highest BCUT2D eigenvalue weighted by atomic mass is 16.3. The molecule has 0 aromatic heterocycles. The monoisotopic (exact) mass is 331 g/mol. The molecule has 24 heavy (non-hydrogen) atoms. The van der Waals surface area contributed by atoms with Crippen molar-refractivity contribution in [2.45, 2.75) is 26.4 Å². The maximum absolute atomic E-state index is 12.5. The second kappa shape index (κ2) is 7.53. The van der Waals surface area contributed by atoms with Crippen LogP contribution in [0, 0.1) is 12.8 Å². The highest BCUT2D eigenvalue weighted by Crippen LogP contribution is 2.20. The summed E-state index contributed by atoms with van der Waals surface area (Å²) in [5.74, 6) is 0.543. The Hall–Kier alpha value is -1.59. The zero-order valence-corrected chi connectivity index (χ0v) is 14.8. The number of aryl methyl sites for hydroxylation is 1. The number of piperazine rings is 1. The lowest BCUT2D eigenvalue weighted by molar-refractivity contribution is -0.132. The van der Waals surface area contributed by atoms with E-state index in [2.05, 4.69) is 41.0 Å². The molecule has 132 valence electrons.